The lowest BCUT2D eigenvalue weighted by atomic mass is 10.2. The van der Waals surface area contributed by atoms with Gasteiger partial charge in [0, 0.05) is 9.50 Å². The minimum atomic E-state index is -1.62. The fraction of sp³-hybridized carbons (Fsp3) is 0.200. The number of halogens is 2. The van der Waals surface area contributed by atoms with Gasteiger partial charge in [0.2, 0.25) is 0 Å². The molecule has 0 unspecified atom stereocenters. The third-order valence-electron chi connectivity index (χ3n) is 1.92. The number of aliphatic carboxylic acids is 1. The third-order valence-corrected chi connectivity index (χ3v) is 2.81. The zero-order chi connectivity index (χ0) is 13.0. The molecule has 7 heteroatoms. The summed E-state index contributed by atoms with van der Waals surface area (Å²) in [5.41, 5.74) is 0.312. The highest BCUT2D eigenvalue weighted by Gasteiger charge is 2.16. The van der Waals surface area contributed by atoms with Crippen molar-refractivity contribution in [2.75, 3.05) is 6.54 Å². The topological polar surface area (TPSA) is 86.6 Å². The lowest BCUT2D eigenvalue weighted by Crippen LogP contribution is -2.36. The summed E-state index contributed by atoms with van der Waals surface area (Å²) in [7, 11) is 0. The van der Waals surface area contributed by atoms with E-state index in [9.17, 15) is 9.59 Å². The van der Waals surface area contributed by atoms with Gasteiger partial charge in [0.1, 0.15) is 0 Å². The van der Waals surface area contributed by atoms with Crippen LogP contribution in [0.2, 0.25) is 5.02 Å². The maximum atomic E-state index is 11.6. The van der Waals surface area contributed by atoms with Crippen LogP contribution in [0.3, 0.4) is 0 Å². The molecule has 5 nitrogen and oxygen atoms in total. The van der Waals surface area contributed by atoms with Crippen LogP contribution in [0.5, 0.6) is 0 Å². The highest BCUT2D eigenvalue weighted by Crippen LogP contribution is 2.21. The normalized spacial score (nSPS) is 11.9. The smallest absolute Gasteiger partial charge is 0.334 e. The number of carbonyl (C=O) groups excluding carboxylic acids is 1. The van der Waals surface area contributed by atoms with E-state index in [0.29, 0.717) is 15.1 Å². The fourth-order valence-corrected chi connectivity index (χ4v) is 1.91. The Morgan fingerprint density at radius 2 is 2.12 bits per heavy atom. The van der Waals surface area contributed by atoms with Gasteiger partial charge in [-0.05, 0) is 34.1 Å². The Kier molecular flexibility index (Phi) is 4.92. The standard InChI is InChI=1S/C10H9BrClNO4/c11-7-3-5(12)1-2-6(7)9(15)13-4-8(14)10(16)17/h1-3,8,14H,4H2,(H,13,15)(H,16,17)/t8-/m0/s1. The molecule has 17 heavy (non-hydrogen) atoms. The zero-order valence-corrected chi connectivity index (χ0v) is 10.8. The molecule has 1 rings (SSSR count). The molecule has 1 amide bonds. The van der Waals surface area contributed by atoms with Gasteiger partial charge in [-0.15, -0.1) is 0 Å². The molecule has 0 aliphatic carbocycles. The van der Waals surface area contributed by atoms with E-state index in [1.54, 1.807) is 6.07 Å². The minimum Gasteiger partial charge on any atom is -0.479 e. The average Bonchev–Trinajstić information content (AvgIpc) is 2.25. The number of amides is 1. The van der Waals surface area contributed by atoms with Crippen LogP contribution in [0.15, 0.2) is 22.7 Å². The van der Waals surface area contributed by atoms with Gasteiger partial charge in [0.15, 0.2) is 6.10 Å². The highest BCUT2D eigenvalue weighted by atomic mass is 79.9. The lowest BCUT2D eigenvalue weighted by molar-refractivity contribution is -0.146. The number of carboxylic acid groups (broad SMARTS) is 1. The first kappa shape index (κ1) is 14.0. The Bertz CT molecular complexity index is 452. The molecule has 0 fully saturated rings. The largest absolute Gasteiger partial charge is 0.479 e. The quantitative estimate of drug-likeness (QED) is 0.779. The second-order valence-electron chi connectivity index (χ2n) is 3.19. The molecular formula is C10H9BrClNO4. The number of rotatable bonds is 4. The molecule has 0 saturated carbocycles. The van der Waals surface area contributed by atoms with Gasteiger partial charge in [-0.1, -0.05) is 11.6 Å². The SMILES string of the molecule is O=C(NC[C@H](O)C(=O)O)c1ccc(Cl)cc1Br. The van der Waals surface area contributed by atoms with Crippen LogP contribution in [0, 0.1) is 0 Å². The average molecular weight is 323 g/mol. The Hall–Kier alpha value is -1.11. The van der Waals surface area contributed by atoms with E-state index >= 15 is 0 Å². The number of carboxylic acids is 1. The summed E-state index contributed by atoms with van der Waals surface area (Å²) in [6, 6.07) is 4.58. The first-order valence-electron chi connectivity index (χ1n) is 4.56. The van der Waals surface area contributed by atoms with Gasteiger partial charge >= 0.3 is 5.97 Å². The maximum absolute atomic E-state index is 11.6. The molecule has 0 bridgehead atoms. The minimum absolute atomic E-state index is 0.312. The molecule has 0 aliphatic heterocycles. The monoisotopic (exact) mass is 321 g/mol. The van der Waals surface area contributed by atoms with Crippen molar-refractivity contribution in [2.45, 2.75) is 6.10 Å². The van der Waals surface area contributed by atoms with Crippen molar-refractivity contribution in [3.8, 4) is 0 Å². The van der Waals surface area contributed by atoms with Crippen molar-refractivity contribution in [2.24, 2.45) is 0 Å². The zero-order valence-electron chi connectivity index (χ0n) is 8.48. The van der Waals surface area contributed by atoms with Gasteiger partial charge in [-0.25, -0.2) is 4.79 Å². The molecule has 0 aromatic heterocycles. The molecule has 92 valence electrons. The van der Waals surface area contributed by atoms with Crippen molar-refractivity contribution in [3.05, 3.63) is 33.3 Å². The van der Waals surface area contributed by atoms with Gasteiger partial charge in [-0.3, -0.25) is 4.79 Å². The van der Waals surface area contributed by atoms with Crippen molar-refractivity contribution >= 4 is 39.4 Å². The predicted molar refractivity (Wildman–Crippen MR) is 65.1 cm³/mol. The molecule has 1 aromatic rings. The number of carbonyl (C=O) groups is 2. The fourth-order valence-electron chi connectivity index (χ4n) is 1.05. The molecular weight excluding hydrogens is 313 g/mol. The summed E-state index contributed by atoms with van der Waals surface area (Å²) in [5, 5.41) is 20.2. The van der Waals surface area contributed by atoms with Crippen LogP contribution < -0.4 is 5.32 Å². The maximum Gasteiger partial charge on any atom is 0.334 e. The summed E-state index contributed by atoms with van der Waals surface area (Å²) < 4.78 is 0.493. The van der Waals surface area contributed by atoms with E-state index in [4.69, 9.17) is 21.8 Å². The van der Waals surface area contributed by atoms with E-state index in [1.165, 1.54) is 12.1 Å². The lowest BCUT2D eigenvalue weighted by Gasteiger charge is -2.09. The molecule has 0 aliphatic rings. The summed E-state index contributed by atoms with van der Waals surface area (Å²) in [6.07, 6.45) is -1.62. The van der Waals surface area contributed by atoms with E-state index in [1.807, 2.05) is 0 Å². The van der Waals surface area contributed by atoms with E-state index < -0.39 is 18.0 Å². The number of hydrogen-bond acceptors (Lipinski definition) is 3. The molecule has 3 N–H and O–H groups in total. The van der Waals surface area contributed by atoms with Crippen LogP contribution in [0.4, 0.5) is 0 Å². The van der Waals surface area contributed by atoms with E-state index in [0.717, 1.165) is 0 Å². The van der Waals surface area contributed by atoms with Crippen molar-refractivity contribution < 1.29 is 19.8 Å². The van der Waals surface area contributed by atoms with Crippen molar-refractivity contribution in [1.29, 1.82) is 0 Å². The number of nitrogens with one attached hydrogen (secondary N) is 1. The van der Waals surface area contributed by atoms with Crippen LogP contribution >= 0.6 is 27.5 Å². The molecule has 0 saturated heterocycles. The molecule has 0 radical (unpaired) electrons. The Morgan fingerprint density at radius 1 is 1.47 bits per heavy atom. The Morgan fingerprint density at radius 3 is 2.65 bits per heavy atom. The summed E-state index contributed by atoms with van der Waals surface area (Å²) in [4.78, 5) is 21.9. The summed E-state index contributed by atoms with van der Waals surface area (Å²) in [5.74, 6) is -1.88. The molecule has 0 heterocycles. The van der Waals surface area contributed by atoms with Crippen LogP contribution in [0.25, 0.3) is 0 Å². The van der Waals surface area contributed by atoms with E-state index in [2.05, 4.69) is 21.2 Å². The summed E-state index contributed by atoms with van der Waals surface area (Å²) in [6.45, 7) is -0.358. The van der Waals surface area contributed by atoms with E-state index in [-0.39, 0.29) is 6.54 Å². The molecule has 1 atom stereocenters. The predicted octanol–water partition coefficient (Wildman–Crippen LogP) is 1.28. The van der Waals surface area contributed by atoms with Crippen molar-refractivity contribution in [3.63, 3.8) is 0 Å². The Labute approximate surface area is 111 Å². The van der Waals surface area contributed by atoms with Gasteiger partial charge < -0.3 is 15.5 Å². The molecule has 0 spiro atoms. The third kappa shape index (κ3) is 3.99. The van der Waals surface area contributed by atoms with Gasteiger partial charge in [0.25, 0.3) is 5.91 Å². The van der Waals surface area contributed by atoms with Gasteiger partial charge in [0.05, 0.1) is 12.1 Å². The summed E-state index contributed by atoms with van der Waals surface area (Å²) >= 11 is 8.87. The first-order valence-corrected chi connectivity index (χ1v) is 5.73. The number of benzene rings is 1. The highest BCUT2D eigenvalue weighted by molar-refractivity contribution is 9.10. The van der Waals surface area contributed by atoms with Crippen LogP contribution in [-0.2, 0) is 4.79 Å². The number of hydrogen-bond donors (Lipinski definition) is 3. The second kappa shape index (κ2) is 6.00. The first-order chi connectivity index (χ1) is 7.91. The number of aliphatic hydroxyl groups is 1. The molecule has 1 aromatic carbocycles. The Balaban J connectivity index is 2.67. The van der Waals surface area contributed by atoms with Crippen molar-refractivity contribution in [1.82, 2.24) is 5.32 Å². The van der Waals surface area contributed by atoms with Crippen LogP contribution in [-0.4, -0.2) is 34.7 Å². The number of aliphatic hydroxyl groups excluding tert-OH is 1. The van der Waals surface area contributed by atoms with Gasteiger partial charge in [-0.2, -0.15) is 0 Å². The van der Waals surface area contributed by atoms with Crippen LogP contribution in [0.1, 0.15) is 10.4 Å². The second-order valence-corrected chi connectivity index (χ2v) is 4.48.